The summed E-state index contributed by atoms with van der Waals surface area (Å²) >= 11 is 0. The van der Waals surface area contributed by atoms with E-state index in [0.29, 0.717) is 39.3 Å². The van der Waals surface area contributed by atoms with E-state index in [1.807, 2.05) is 35.2 Å². The van der Waals surface area contributed by atoms with Gasteiger partial charge in [0.25, 0.3) is 0 Å². The van der Waals surface area contributed by atoms with Crippen molar-refractivity contribution in [2.24, 2.45) is 0 Å². The number of ether oxygens (including phenoxy) is 3. The van der Waals surface area contributed by atoms with Crippen LogP contribution in [0.3, 0.4) is 0 Å². The van der Waals surface area contributed by atoms with Crippen molar-refractivity contribution in [2.45, 2.75) is 63.6 Å². The summed E-state index contributed by atoms with van der Waals surface area (Å²) in [5, 5.41) is 16.8. The number of morpholine rings is 1. The molecule has 43 heavy (non-hydrogen) atoms. The van der Waals surface area contributed by atoms with Crippen LogP contribution in [0.25, 0.3) is 0 Å². The van der Waals surface area contributed by atoms with Crippen LogP contribution in [0.5, 0.6) is 5.75 Å². The SMILES string of the molecule is CC1(C(=O)C(CC2=CCCC2)NC(=O)CNC(=O)C(CC#N)NC(=O)CN2CCOCC2)CO1.COc1ccc(C)cc1. The molecule has 3 amide bonds. The number of Topliss-reactive ketones (excluding diaryl/α,β-unsaturated/α-hetero) is 1. The smallest absolute Gasteiger partial charge is 0.244 e. The van der Waals surface area contributed by atoms with Gasteiger partial charge in [0.1, 0.15) is 17.4 Å². The molecule has 12 nitrogen and oxygen atoms in total. The van der Waals surface area contributed by atoms with E-state index in [4.69, 9.17) is 19.5 Å². The number of rotatable bonds is 13. The highest BCUT2D eigenvalue weighted by Crippen LogP contribution is 2.31. The van der Waals surface area contributed by atoms with Crippen molar-refractivity contribution in [3.05, 3.63) is 41.5 Å². The Labute approximate surface area is 253 Å². The third-order valence-electron chi connectivity index (χ3n) is 7.45. The van der Waals surface area contributed by atoms with Gasteiger partial charge in [-0.2, -0.15) is 5.26 Å². The molecule has 2 saturated heterocycles. The Morgan fingerprint density at radius 1 is 1.09 bits per heavy atom. The number of methoxy groups -OCH3 is 1. The number of amides is 3. The number of allylic oxidation sites excluding steroid dienone is 1. The molecule has 1 aromatic carbocycles. The maximum absolute atomic E-state index is 12.8. The Morgan fingerprint density at radius 2 is 1.77 bits per heavy atom. The number of carbonyl (C=O) groups is 4. The van der Waals surface area contributed by atoms with Gasteiger partial charge in [-0.3, -0.25) is 24.1 Å². The molecule has 0 bridgehead atoms. The molecule has 2 aliphatic heterocycles. The molecular formula is C31H43N5O7. The largest absolute Gasteiger partial charge is 0.497 e. The average Bonchev–Trinajstić information content (AvgIpc) is 3.54. The molecule has 12 heteroatoms. The number of aryl methyl sites for hydroxylation is 1. The standard InChI is InChI=1S/C23H33N5O6.C8H10O/c1-23(15-34-23)21(31)18(12-16-4-2-3-5-16)27-19(29)13-25-22(32)17(6-7-24)26-20(30)14-28-8-10-33-11-9-28;1-7-3-5-8(9-2)6-4-7/h4,17-18H,2-3,5-6,8-15H2,1H3,(H,25,32)(H,26,30)(H,27,29);3-6H,1-2H3. The Bertz CT molecular complexity index is 1180. The van der Waals surface area contributed by atoms with Crippen LogP contribution in [0, 0.1) is 18.3 Å². The van der Waals surface area contributed by atoms with E-state index >= 15 is 0 Å². The first-order valence-electron chi connectivity index (χ1n) is 14.6. The first-order chi connectivity index (χ1) is 20.6. The van der Waals surface area contributed by atoms with E-state index in [0.717, 1.165) is 30.6 Å². The van der Waals surface area contributed by atoms with Gasteiger partial charge in [-0.15, -0.1) is 0 Å². The molecule has 3 atom stereocenters. The van der Waals surface area contributed by atoms with E-state index in [2.05, 4.69) is 29.0 Å². The van der Waals surface area contributed by atoms with Crippen molar-refractivity contribution < 1.29 is 33.4 Å². The number of carbonyl (C=O) groups excluding carboxylic acids is 4. The molecule has 2 fully saturated rings. The van der Waals surface area contributed by atoms with E-state index in [-0.39, 0.29) is 31.2 Å². The predicted molar refractivity (Wildman–Crippen MR) is 158 cm³/mol. The molecular weight excluding hydrogens is 554 g/mol. The Hall–Kier alpha value is -3.79. The Kier molecular flexibility index (Phi) is 13.1. The van der Waals surface area contributed by atoms with Gasteiger partial charge < -0.3 is 30.2 Å². The predicted octanol–water partition coefficient (Wildman–Crippen LogP) is 1.18. The molecule has 0 spiro atoms. The summed E-state index contributed by atoms with van der Waals surface area (Å²) in [6.07, 6.45) is 5.18. The summed E-state index contributed by atoms with van der Waals surface area (Å²) in [5.74, 6) is -0.802. The second-order valence-electron chi connectivity index (χ2n) is 11.1. The van der Waals surface area contributed by atoms with Gasteiger partial charge in [-0.1, -0.05) is 29.3 Å². The molecule has 2 heterocycles. The molecule has 1 aromatic rings. The molecule has 0 radical (unpaired) electrons. The lowest BCUT2D eigenvalue weighted by molar-refractivity contribution is -0.132. The fourth-order valence-corrected chi connectivity index (χ4v) is 4.73. The van der Waals surface area contributed by atoms with E-state index in [9.17, 15) is 19.2 Å². The van der Waals surface area contributed by atoms with Crippen LogP contribution in [-0.2, 0) is 28.7 Å². The van der Waals surface area contributed by atoms with Crippen molar-refractivity contribution in [3.63, 3.8) is 0 Å². The van der Waals surface area contributed by atoms with Gasteiger partial charge in [0.05, 0.1) is 58.6 Å². The van der Waals surface area contributed by atoms with Crippen LogP contribution in [0.2, 0.25) is 0 Å². The van der Waals surface area contributed by atoms with E-state index in [1.54, 1.807) is 14.0 Å². The van der Waals surface area contributed by atoms with Crippen LogP contribution in [0.15, 0.2) is 35.9 Å². The maximum atomic E-state index is 12.8. The van der Waals surface area contributed by atoms with Crippen molar-refractivity contribution in [1.82, 2.24) is 20.9 Å². The summed E-state index contributed by atoms with van der Waals surface area (Å²) in [6, 6.07) is 8.03. The lowest BCUT2D eigenvalue weighted by Gasteiger charge is -2.26. The molecule has 4 rings (SSSR count). The summed E-state index contributed by atoms with van der Waals surface area (Å²) in [7, 11) is 1.67. The monoisotopic (exact) mass is 597 g/mol. The number of ketones is 1. The minimum absolute atomic E-state index is 0.0968. The summed E-state index contributed by atoms with van der Waals surface area (Å²) < 4.78 is 15.5. The van der Waals surface area contributed by atoms with Crippen LogP contribution >= 0.6 is 0 Å². The molecule has 3 aliphatic rings. The van der Waals surface area contributed by atoms with Gasteiger partial charge >= 0.3 is 0 Å². The number of hydrogen-bond acceptors (Lipinski definition) is 9. The van der Waals surface area contributed by atoms with Crippen molar-refractivity contribution in [1.29, 1.82) is 5.26 Å². The first-order valence-corrected chi connectivity index (χ1v) is 14.6. The molecule has 234 valence electrons. The van der Waals surface area contributed by atoms with Crippen molar-refractivity contribution >= 4 is 23.5 Å². The molecule has 0 saturated carbocycles. The molecule has 3 N–H and O–H groups in total. The first kappa shape index (κ1) is 33.7. The summed E-state index contributed by atoms with van der Waals surface area (Å²) in [6.45, 7) is 6.11. The van der Waals surface area contributed by atoms with E-state index < -0.39 is 29.5 Å². The minimum Gasteiger partial charge on any atom is -0.497 e. The van der Waals surface area contributed by atoms with Crippen LogP contribution < -0.4 is 20.7 Å². The number of nitriles is 1. The van der Waals surface area contributed by atoms with Crippen LogP contribution in [-0.4, -0.2) is 99.2 Å². The van der Waals surface area contributed by atoms with Gasteiger partial charge in [-0.05, 0) is 51.7 Å². The molecule has 1 aliphatic carbocycles. The second kappa shape index (κ2) is 16.7. The quantitative estimate of drug-likeness (QED) is 0.224. The average molecular weight is 598 g/mol. The number of epoxide rings is 1. The number of hydrogen-bond donors (Lipinski definition) is 3. The van der Waals surface area contributed by atoms with Crippen LogP contribution in [0.4, 0.5) is 0 Å². The second-order valence-corrected chi connectivity index (χ2v) is 11.1. The van der Waals surface area contributed by atoms with Gasteiger partial charge in [0, 0.05) is 13.1 Å². The van der Waals surface area contributed by atoms with Gasteiger partial charge in [0.2, 0.25) is 17.7 Å². The third-order valence-corrected chi connectivity index (χ3v) is 7.45. The highest BCUT2D eigenvalue weighted by molar-refractivity contribution is 5.97. The van der Waals surface area contributed by atoms with Gasteiger partial charge in [0.15, 0.2) is 5.78 Å². The topological polar surface area (TPSA) is 162 Å². The summed E-state index contributed by atoms with van der Waals surface area (Å²) in [5.41, 5.74) is 1.52. The zero-order valence-corrected chi connectivity index (χ0v) is 25.3. The lowest BCUT2D eigenvalue weighted by Crippen LogP contribution is -2.53. The molecule has 0 aromatic heterocycles. The molecule has 3 unspecified atom stereocenters. The van der Waals surface area contributed by atoms with Crippen molar-refractivity contribution in [2.75, 3.05) is 53.1 Å². The summed E-state index contributed by atoms with van der Waals surface area (Å²) in [4.78, 5) is 52.1. The Morgan fingerprint density at radius 3 is 2.35 bits per heavy atom. The number of nitrogens with zero attached hydrogens (tertiary/aromatic N) is 2. The maximum Gasteiger partial charge on any atom is 0.244 e. The zero-order chi connectivity index (χ0) is 31.2. The lowest BCUT2D eigenvalue weighted by atomic mass is 9.94. The third kappa shape index (κ3) is 11.4. The fraction of sp³-hybridized carbons (Fsp3) is 0.581. The highest BCUT2D eigenvalue weighted by atomic mass is 16.6. The van der Waals surface area contributed by atoms with Gasteiger partial charge in [-0.25, -0.2) is 0 Å². The minimum atomic E-state index is -1.08. The highest BCUT2D eigenvalue weighted by Gasteiger charge is 2.50. The Balaban J connectivity index is 0.000000480. The fourth-order valence-electron chi connectivity index (χ4n) is 4.73. The van der Waals surface area contributed by atoms with E-state index in [1.165, 1.54) is 5.56 Å². The zero-order valence-electron chi connectivity index (χ0n) is 25.3. The number of nitrogens with one attached hydrogen (secondary N) is 3. The van der Waals surface area contributed by atoms with Crippen molar-refractivity contribution in [3.8, 4) is 11.8 Å². The normalized spacial score (nSPS) is 20.7. The number of benzene rings is 1. The van der Waals surface area contributed by atoms with Crippen LogP contribution in [0.1, 0.15) is 44.6 Å².